The Balaban J connectivity index is 1.52. The predicted molar refractivity (Wildman–Crippen MR) is 93.0 cm³/mol. The van der Waals surface area contributed by atoms with Crippen LogP contribution in [-0.2, 0) is 13.0 Å². The minimum Gasteiger partial charge on any atom is -0.351 e. The molecule has 0 radical (unpaired) electrons. The van der Waals surface area contributed by atoms with Crippen molar-refractivity contribution < 1.29 is 4.79 Å². The number of aryl methyl sites for hydroxylation is 3. The van der Waals surface area contributed by atoms with Crippen molar-refractivity contribution in [2.75, 3.05) is 6.54 Å². The highest BCUT2D eigenvalue weighted by atomic mass is 32.2. The minimum absolute atomic E-state index is 0.0359. The smallest absolute Gasteiger partial charge is 0.261 e. The quantitative estimate of drug-likeness (QED) is 0.697. The first kappa shape index (κ1) is 15.2. The molecule has 0 spiro atoms. The number of thiophene rings is 2. The van der Waals surface area contributed by atoms with Gasteiger partial charge in [-0.3, -0.25) is 4.79 Å². The molecule has 0 aliphatic rings. The average molecular weight is 333 g/mol. The van der Waals surface area contributed by atoms with E-state index in [-0.39, 0.29) is 5.91 Å². The second-order valence-electron chi connectivity index (χ2n) is 5.20. The first-order valence-corrected chi connectivity index (χ1v) is 9.09. The summed E-state index contributed by atoms with van der Waals surface area (Å²) in [7, 11) is 0. The number of fused-ring (bicyclic) bond motifs is 1. The molecule has 6 heteroatoms. The SMILES string of the molecule is CCc1cc2cc(C(=O)NCCCn3ccnc3C)sc2s1. The fourth-order valence-corrected chi connectivity index (χ4v) is 4.70. The fourth-order valence-electron chi connectivity index (χ4n) is 2.36. The van der Waals surface area contributed by atoms with Crippen LogP contribution in [0.15, 0.2) is 24.5 Å². The maximum Gasteiger partial charge on any atom is 0.261 e. The Bertz CT molecular complexity index is 753. The van der Waals surface area contributed by atoms with E-state index in [2.05, 4.69) is 27.9 Å². The molecule has 4 nitrogen and oxygen atoms in total. The van der Waals surface area contributed by atoms with Crippen molar-refractivity contribution in [3.8, 4) is 0 Å². The van der Waals surface area contributed by atoms with Gasteiger partial charge >= 0.3 is 0 Å². The summed E-state index contributed by atoms with van der Waals surface area (Å²) < 4.78 is 3.34. The number of aromatic nitrogens is 2. The molecule has 0 bridgehead atoms. The number of amides is 1. The lowest BCUT2D eigenvalue weighted by molar-refractivity contribution is 0.0957. The first-order valence-electron chi connectivity index (χ1n) is 7.45. The molecule has 0 aliphatic carbocycles. The summed E-state index contributed by atoms with van der Waals surface area (Å²) >= 11 is 3.38. The molecule has 0 unspecified atom stereocenters. The molecule has 0 aliphatic heterocycles. The van der Waals surface area contributed by atoms with Crippen LogP contribution < -0.4 is 5.32 Å². The maximum absolute atomic E-state index is 12.2. The molecular formula is C16H19N3OS2. The molecular weight excluding hydrogens is 314 g/mol. The van der Waals surface area contributed by atoms with Crippen molar-refractivity contribution in [2.45, 2.75) is 33.2 Å². The molecule has 0 saturated carbocycles. The second kappa shape index (κ2) is 6.62. The van der Waals surface area contributed by atoms with Gasteiger partial charge in [-0.2, -0.15) is 0 Å². The van der Waals surface area contributed by atoms with Gasteiger partial charge in [0.05, 0.1) is 8.89 Å². The van der Waals surface area contributed by atoms with Crippen LogP contribution in [0.3, 0.4) is 0 Å². The van der Waals surface area contributed by atoms with Crippen molar-refractivity contribution in [3.05, 3.63) is 40.1 Å². The van der Waals surface area contributed by atoms with Gasteiger partial charge in [0.2, 0.25) is 0 Å². The third-order valence-corrected chi connectivity index (χ3v) is 6.16. The van der Waals surface area contributed by atoms with Gasteiger partial charge in [0, 0.05) is 35.7 Å². The van der Waals surface area contributed by atoms with Crippen LogP contribution in [0.5, 0.6) is 0 Å². The van der Waals surface area contributed by atoms with Crippen molar-refractivity contribution >= 4 is 38.0 Å². The van der Waals surface area contributed by atoms with E-state index in [4.69, 9.17) is 0 Å². The van der Waals surface area contributed by atoms with Gasteiger partial charge in [0.1, 0.15) is 5.82 Å². The zero-order chi connectivity index (χ0) is 15.5. The lowest BCUT2D eigenvalue weighted by Crippen LogP contribution is -2.24. The predicted octanol–water partition coefficient (Wildman–Crippen LogP) is 3.85. The second-order valence-corrected chi connectivity index (χ2v) is 7.64. The van der Waals surface area contributed by atoms with Gasteiger partial charge < -0.3 is 9.88 Å². The van der Waals surface area contributed by atoms with E-state index >= 15 is 0 Å². The van der Waals surface area contributed by atoms with Crippen molar-refractivity contribution in [1.29, 1.82) is 0 Å². The van der Waals surface area contributed by atoms with Crippen molar-refractivity contribution in [1.82, 2.24) is 14.9 Å². The first-order chi connectivity index (χ1) is 10.7. The summed E-state index contributed by atoms with van der Waals surface area (Å²) in [6.45, 7) is 5.71. The van der Waals surface area contributed by atoms with Gasteiger partial charge in [0.25, 0.3) is 5.91 Å². The number of nitrogens with zero attached hydrogens (tertiary/aromatic N) is 2. The number of carbonyl (C=O) groups is 1. The number of carbonyl (C=O) groups excluding carboxylic acids is 1. The van der Waals surface area contributed by atoms with Gasteiger partial charge in [0.15, 0.2) is 0 Å². The van der Waals surface area contributed by atoms with Crippen molar-refractivity contribution in [3.63, 3.8) is 0 Å². The van der Waals surface area contributed by atoms with Crippen LogP contribution in [-0.4, -0.2) is 22.0 Å². The van der Waals surface area contributed by atoms with Crippen LogP contribution >= 0.6 is 22.7 Å². The molecule has 3 rings (SSSR count). The van der Waals surface area contributed by atoms with Gasteiger partial charge in [-0.1, -0.05) is 6.92 Å². The Kier molecular flexibility index (Phi) is 4.59. The van der Waals surface area contributed by atoms with E-state index in [0.29, 0.717) is 6.54 Å². The molecule has 0 atom stereocenters. The highest BCUT2D eigenvalue weighted by molar-refractivity contribution is 7.39. The fraction of sp³-hybridized carbons (Fsp3) is 0.375. The highest BCUT2D eigenvalue weighted by Crippen LogP contribution is 2.33. The van der Waals surface area contributed by atoms with Crippen LogP contribution in [0.4, 0.5) is 0 Å². The number of rotatable bonds is 6. The Morgan fingerprint density at radius 3 is 2.91 bits per heavy atom. The minimum atomic E-state index is 0.0359. The normalized spacial score (nSPS) is 11.2. The topological polar surface area (TPSA) is 46.9 Å². The third kappa shape index (κ3) is 3.23. The van der Waals surface area contributed by atoms with Gasteiger partial charge in [-0.25, -0.2) is 4.98 Å². The molecule has 22 heavy (non-hydrogen) atoms. The van der Waals surface area contributed by atoms with E-state index in [1.54, 1.807) is 28.9 Å². The zero-order valence-electron chi connectivity index (χ0n) is 12.8. The highest BCUT2D eigenvalue weighted by Gasteiger charge is 2.12. The van der Waals surface area contributed by atoms with Gasteiger partial charge in [-0.05, 0) is 31.9 Å². The monoisotopic (exact) mass is 333 g/mol. The molecule has 3 heterocycles. The van der Waals surface area contributed by atoms with E-state index in [0.717, 1.165) is 30.1 Å². The van der Waals surface area contributed by atoms with Crippen molar-refractivity contribution in [2.24, 2.45) is 0 Å². The zero-order valence-corrected chi connectivity index (χ0v) is 14.4. The average Bonchev–Trinajstić information content (AvgIpc) is 3.17. The summed E-state index contributed by atoms with van der Waals surface area (Å²) in [4.78, 5) is 18.6. The Morgan fingerprint density at radius 1 is 1.36 bits per heavy atom. The molecule has 3 aromatic heterocycles. The van der Waals surface area contributed by atoms with Crippen LogP contribution in [0, 0.1) is 6.92 Å². The summed E-state index contributed by atoms with van der Waals surface area (Å²) in [6.07, 6.45) is 5.73. The van der Waals surface area contributed by atoms with E-state index in [1.807, 2.05) is 19.2 Å². The number of nitrogens with one attached hydrogen (secondary N) is 1. The summed E-state index contributed by atoms with van der Waals surface area (Å²) in [5, 5.41) is 4.20. The van der Waals surface area contributed by atoms with Crippen LogP contribution in [0.1, 0.15) is 33.7 Å². The summed E-state index contributed by atoms with van der Waals surface area (Å²) in [6, 6.07) is 4.19. The maximum atomic E-state index is 12.2. The molecule has 0 aromatic carbocycles. The van der Waals surface area contributed by atoms with E-state index in [9.17, 15) is 4.79 Å². The number of hydrogen-bond donors (Lipinski definition) is 1. The molecule has 0 fully saturated rings. The molecule has 1 amide bonds. The third-order valence-electron chi connectivity index (χ3n) is 3.62. The largest absolute Gasteiger partial charge is 0.351 e. The number of imidazole rings is 1. The lowest BCUT2D eigenvalue weighted by atomic mass is 10.3. The van der Waals surface area contributed by atoms with Crippen LogP contribution in [0.2, 0.25) is 0 Å². The Hall–Kier alpha value is -1.66. The van der Waals surface area contributed by atoms with Gasteiger partial charge in [-0.15, -0.1) is 22.7 Å². The van der Waals surface area contributed by atoms with Crippen LogP contribution in [0.25, 0.3) is 9.40 Å². The standard InChI is InChI=1S/C16H19N3OS2/c1-3-13-9-12-10-14(22-16(12)21-13)15(20)18-5-4-7-19-8-6-17-11(19)2/h6,8-10H,3-5,7H2,1-2H3,(H,18,20). The molecule has 116 valence electrons. The molecule has 1 N–H and O–H groups in total. The lowest BCUT2D eigenvalue weighted by Gasteiger charge is -2.06. The number of hydrogen-bond acceptors (Lipinski definition) is 4. The van der Waals surface area contributed by atoms with E-state index in [1.165, 1.54) is 14.3 Å². The molecule has 3 aromatic rings. The summed E-state index contributed by atoms with van der Waals surface area (Å²) in [5.41, 5.74) is 0. The Morgan fingerprint density at radius 2 is 2.23 bits per heavy atom. The Labute approximate surface area is 137 Å². The molecule has 0 saturated heterocycles. The van der Waals surface area contributed by atoms with E-state index < -0.39 is 0 Å². The summed E-state index contributed by atoms with van der Waals surface area (Å²) in [5.74, 6) is 1.05.